The average Bonchev–Trinajstić information content (AvgIpc) is 2.84. The van der Waals surface area contributed by atoms with Gasteiger partial charge in [-0.2, -0.15) is 0 Å². The molecule has 90 valence electrons. The maximum Gasteiger partial charge on any atom is 0.106 e. The molecule has 0 aliphatic carbocycles. The fraction of sp³-hybridized carbons (Fsp3) is 0. The molecule has 0 saturated heterocycles. The molecule has 0 amide bonds. The average molecular weight is 320 g/mol. The van der Waals surface area contributed by atoms with Crippen LogP contribution in [0, 0.1) is 0 Å². The summed E-state index contributed by atoms with van der Waals surface area (Å²) in [6.45, 7) is 0. The number of hydrogen-bond acceptors (Lipinski definition) is 4. The number of halogens is 1. The molecule has 1 aromatic heterocycles. The lowest BCUT2D eigenvalue weighted by Gasteiger charge is -2.09. The maximum atomic E-state index is 6.11. The molecule has 1 heterocycles. The minimum Gasteiger partial charge on any atom is -0.395 e. The molecule has 0 atom stereocenters. The van der Waals surface area contributed by atoms with Crippen molar-refractivity contribution < 1.29 is 0 Å². The molecule has 5 heteroatoms. The van der Waals surface area contributed by atoms with E-state index >= 15 is 0 Å². The summed E-state index contributed by atoms with van der Waals surface area (Å²) < 4.78 is 2.16. The molecule has 3 aromatic rings. The Hall–Kier alpha value is -1.59. The Morgan fingerprint density at radius 1 is 1.11 bits per heavy atom. The van der Waals surface area contributed by atoms with Crippen LogP contribution in [0.1, 0.15) is 0 Å². The van der Waals surface area contributed by atoms with Crippen molar-refractivity contribution in [1.29, 1.82) is 0 Å². The van der Waals surface area contributed by atoms with Crippen LogP contribution in [0.15, 0.2) is 46.4 Å². The highest BCUT2D eigenvalue weighted by atomic mass is 79.9. The van der Waals surface area contributed by atoms with Crippen LogP contribution < -0.4 is 11.1 Å². The highest BCUT2D eigenvalue weighted by molar-refractivity contribution is 9.10. The van der Waals surface area contributed by atoms with Crippen LogP contribution >= 0.6 is 27.3 Å². The molecule has 3 rings (SSSR count). The van der Waals surface area contributed by atoms with Gasteiger partial charge in [0.05, 0.1) is 21.6 Å². The van der Waals surface area contributed by atoms with Crippen molar-refractivity contribution in [3.63, 3.8) is 0 Å². The topological polar surface area (TPSA) is 50.9 Å². The first-order chi connectivity index (χ1) is 8.74. The molecule has 0 unspecified atom stereocenters. The van der Waals surface area contributed by atoms with Crippen LogP contribution in [-0.4, -0.2) is 4.98 Å². The van der Waals surface area contributed by atoms with Crippen LogP contribution in [0.5, 0.6) is 0 Å². The SMILES string of the molecule is Nc1c(Nc2ccc(Br)cc2)ccc2scnc12. The predicted octanol–water partition coefficient (Wildman–Crippen LogP) is 4.38. The zero-order valence-corrected chi connectivity index (χ0v) is 11.8. The van der Waals surface area contributed by atoms with Gasteiger partial charge < -0.3 is 11.1 Å². The third kappa shape index (κ3) is 2.07. The van der Waals surface area contributed by atoms with Crippen LogP contribution in [0.3, 0.4) is 0 Å². The number of fused-ring (bicyclic) bond motifs is 1. The Kier molecular flexibility index (Phi) is 2.93. The van der Waals surface area contributed by atoms with Gasteiger partial charge in [0, 0.05) is 10.2 Å². The Balaban J connectivity index is 1.99. The van der Waals surface area contributed by atoms with Crippen LogP contribution in [0.4, 0.5) is 17.1 Å². The second-order valence-corrected chi connectivity index (χ2v) is 5.66. The van der Waals surface area contributed by atoms with E-state index < -0.39 is 0 Å². The molecular formula is C13H10BrN3S. The molecule has 0 aliphatic rings. The first kappa shape index (κ1) is 11.5. The Morgan fingerprint density at radius 3 is 2.67 bits per heavy atom. The molecule has 0 spiro atoms. The zero-order valence-electron chi connectivity index (χ0n) is 9.35. The third-order valence-electron chi connectivity index (χ3n) is 2.66. The number of nitrogen functional groups attached to an aromatic ring is 1. The molecule has 0 aliphatic heterocycles. The van der Waals surface area contributed by atoms with Gasteiger partial charge in [-0.3, -0.25) is 0 Å². The third-order valence-corrected chi connectivity index (χ3v) is 3.99. The second kappa shape index (κ2) is 4.59. The Labute approximate surface area is 117 Å². The number of nitrogens with one attached hydrogen (secondary N) is 1. The summed E-state index contributed by atoms with van der Waals surface area (Å²) in [7, 11) is 0. The van der Waals surface area contributed by atoms with Crippen molar-refractivity contribution in [2.75, 3.05) is 11.1 Å². The molecule has 3 N–H and O–H groups in total. The minimum atomic E-state index is 0.691. The number of rotatable bonds is 2. The lowest BCUT2D eigenvalue weighted by molar-refractivity contribution is 1.48. The first-order valence-electron chi connectivity index (χ1n) is 5.38. The van der Waals surface area contributed by atoms with Gasteiger partial charge in [0.2, 0.25) is 0 Å². The van der Waals surface area contributed by atoms with E-state index in [-0.39, 0.29) is 0 Å². The van der Waals surface area contributed by atoms with Gasteiger partial charge >= 0.3 is 0 Å². The Morgan fingerprint density at radius 2 is 1.89 bits per heavy atom. The van der Waals surface area contributed by atoms with Crippen LogP contribution in [-0.2, 0) is 0 Å². The predicted molar refractivity (Wildman–Crippen MR) is 81.5 cm³/mol. The number of hydrogen-bond donors (Lipinski definition) is 2. The maximum absolute atomic E-state index is 6.11. The number of aromatic nitrogens is 1. The molecule has 3 nitrogen and oxygen atoms in total. The number of nitrogens with zero attached hydrogens (tertiary/aromatic N) is 1. The van der Waals surface area contributed by atoms with Crippen molar-refractivity contribution in [1.82, 2.24) is 4.98 Å². The summed E-state index contributed by atoms with van der Waals surface area (Å²) in [6, 6.07) is 12.0. The smallest absolute Gasteiger partial charge is 0.106 e. The van der Waals surface area contributed by atoms with Gasteiger partial charge in [0.1, 0.15) is 5.52 Å². The lowest BCUT2D eigenvalue weighted by Crippen LogP contribution is -1.96. The minimum absolute atomic E-state index is 0.691. The number of anilines is 3. The van der Waals surface area contributed by atoms with E-state index in [9.17, 15) is 0 Å². The molecule has 0 fully saturated rings. The summed E-state index contributed by atoms with van der Waals surface area (Å²) >= 11 is 5.00. The van der Waals surface area contributed by atoms with E-state index in [0.717, 1.165) is 26.1 Å². The molecule has 0 saturated carbocycles. The summed E-state index contributed by atoms with van der Waals surface area (Å²) in [5.74, 6) is 0. The van der Waals surface area contributed by atoms with Gasteiger partial charge in [-0.25, -0.2) is 4.98 Å². The van der Waals surface area contributed by atoms with E-state index in [1.807, 2.05) is 41.9 Å². The van der Waals surface area contributed by atoms with Gasteiger partial charge in [-0.15, -0.1) is 11.3 Å². The van der Waals surface area contributed by atoms with E-state index in [1.165, 1.54) is 0 Å². The van der Waals surface area contributed by atoms with Crippen molar-refractivity contribution in [2.24, 2.45) is 0 Å². The summed E-state index contributed by atoms with van der Waals surface area (Å²) in [5.41, 5.74) is 11.4. The van der Waals surface area contributed by atoms with Gasteiger partial charge in [-0.1, -0.05) is 15.9 Å². The van der Waals surface area contributed by atoms with Crippen molar-refractivity contribution in [2.45, 2.75) is 0 Å². The lowest BCUT2D eigenvalue weighted by atomic mass is 10.2. The molecule has 18 heavy (non-hydrogen) atoms. The van der Waals surface area contributed by atoms with Gasteiger partial charge in [-0.05, 0) is 36.4 Å². The molecule has 2 aromatic carbocycles. The zero-order chi connectivity index (χ0) is 12.5. The van der Waals surface area contributed by atoms with E-state index in [4.69, 9.17) is 5.73 Å². The second-order valence-electron chi connectivity index (χ2n) is 3.86. The van der Waals surface area contributed by atoms with Crippen molar-refractivity contribution >= 4 is 54.5 Å². The molecular weight excluding hydrogens is 310 g/mol. The first-order valence-corrected chi connectivity index (χ1v) is 7.05. The fourth-order valence-electron chi connectivity index (χ4n) is 1.75. The highest BCUT2D eigenvalue weighted by Gasteiger charge is 2.06. The number of thiazole rings is 1. The van der Waals surface area contributed by atoms with Gasteiger partial charge in [0.25, 0.3) is 0 Å². The summed E-state index contributed by atoms with van der Waals surface area (Å²) in [5, 5.41) is 3.30. The molecule has 0 radical (unpaired) electrons. The quantitative estimate of drug-likeness (QED) is 0.689. The Bertz CT molecular complexity index is 691. The number of nitrogens with two attached hydrogens (primary N) is 1. The van der Waals surface area contributed by atoms with Crippen LogP contribution in [0.2, 0.25) is 0 Å². The van der Waals surface area contributed by atoms with Crippen molar-refractivity contribution in [3.8, 4) is 0 Å². The summed E-state index contributed by atoms with van der Waals surface area (Å²) in [4.78, 5) is 4.28. The van der Waals surface area contributed by atoms with E-state index in [1.54, 1.807) is 11.3 Å². The fourth-order valence-corrected chi connectivity index (χ4v) is 2.71. The number of benzene rings is 2. The normalized spacial score (nSPS) is 10.7. The summed E-state index contributed by atoms with van der Waals surface area (Å²) in [6.07, 6.45) is 0. The largest absolute Gasteiger partial charge is 0.395 e. The van der Waals surface area contributed by atoms with E-state index in [0.29, 0.717) is 5.69 Å². The van der Waals surface area contributed by atoms with Crippen molar-refractivity contribution in [3.05, 3.63) is 46.4 Å². The molecule has 0 bridgehead atoms. The van der Waals surface area contributed by atoms with E-state index in [2.05, 4.69) is 26.2 Å². The van der Waals surface area contributed by atoms with Gasteiger partial charge in [0.15, 0.2) is 0 Å². The monoisotopic (exact) mass is 319 g/mol. The van der Waals surface area contributed by atoms with Crippen LogP contribution in [0.25, 0.3) is 10.2 Å². The standard InChI is InChI=1S/C13H10BrN3S/c14-8-1-3-9(4-2-8)17-10-5-6-11-13(12(10)15)16-7-18-11/h1-7,17H,15H2. The highest BCUT2D eigenvalue weighted by Crippen LogP contribution is 2.32.